The third-order valence-electron chi connectivity index (χ3n) is 10.8. The fourth-order valence-corrected chi connectivity index (χ4v) is 7.90. The van der Waals surface area contributed by atoms with E-state index in [0.717, 1.165) is 64.2 Å². The molecule has 6 unspecified atom stereocenters. The first-order valence-corrected chi connectivity index (χ1v) is 24.9. The Morgan fingerprint density at radius 1 is 0.569 bits per heavy atom. The van der Waals surface area contributed by atoms with E-state index in [9.17, 15) is 37.9 Å². The summed E-state index contributed by atoms with van der Waals surface area (Å²) in [6.45, 7) is 3.70. The van der Waals surface area contributed by atoms with E-state index in [1.807, 2.05) is 0 Å². The minimum atomic E-state index is -4.60. The summed E-state index contributed by atoms with van der Waals surface area (Å²) in [5.41, 5.74) is 0. The van der Waals surface area contributed by atoms with E-state index in [4.69, 9.17) is 18.9 Å². The third kappa shape index (κ3) is 30.4. The van der Waals surface area contributed by atoms with E-state index in [2.05, 4.69) is 26.0 Å². The average Bonchev–Trinajstić information content (AvgIpc) is 3.18. The molecule has 1 aliphatic heterocycles. The van der Waals surface area contributed by atoms with Crippen LogP contribution in [0.5, 0.6) is 0 Å². The zero-order chi connectivity index (χ0) is 42.7. The summed E-state index contributed by atoms with van der Waals surface area (Å²) < 4.78 is 54.0. The van der Waals surface area contributed by atoms with Gasteiger partial charge in [0.05, 0.1) is 6.61 Å². The van der Waals surface area contributed by atoms with Crippen LogP contribution >= 0.6 is 0 Å². The van der Waals surface area contributed by atoms with E-state index in [0.29, 0.717) is 12.8 Å². The summed E-state index contributed by atoms with van der Waals surface area (Å²) in [5.74, 6) is -1.98. The van der Waals surface area contributed by atoms with Crippen molar-refractivity contribution in [3.05, 3.63) is 12.2 Å². The molecule has 1 aliphatic rings. The normalized spacial score (nSPS) is 20.4. The van der Waals surface area contributed by atoms with Crippen LogP contribution in [0.2, 0.25) is 0 Å². The van der Waals surface area contributed by atoms with Crippen LogP contribution in [0.1, 0.15) is 206 Å². The Balaban J connectivity index is 2.35. The van der Waals surface area contributed by atoms with Gasteiger partial charge in [-0.2, -0.15) is 8.42 Å². The molecule has 4 N–H and O–H groups in total. The monoisotopic (exact) mass is 849 g/mol. The molecule has 58 heavy (non-hydrogen) atoms. The van der Waals surface area contributed by atoms with Gasteiger partial charge in [0, 0.05) is 12.8 Å². The van der Waals surface area contributed by atoms with Gasteiger partial charge in [-0.25, -0.2) is 0 Å². The van der Waals surface area contributed by atoms with Gasteiger partial charge in [-0.15, -0.1) is 0 Å². The summed E-state index contributed by atoms with van der Waals surface area (Å²) >= 11 is 0. The molecule has 6 atom stereocenters. The maximum Gasteiger partial charge on any atom is 0.306 e. The minimum Gasteiger partial charge on any atom is -0.462 e. The zero-order valence-electron chi connectivity index (χ0n) is 36.4. The van der Waals surface area contributed by atoms with Crippen LogP contribution in [0.4, 0.5) is 0 Å². The number of aliphatic hydroxyl groups is 3. The number of esters is 2. The molecule has 0 radical (unpaired) electrons. The molecule has 0 amide bonds. The van der Waals surface area contributed by atoms with Crippen LogP contribution in [-0.4, -0.2) is 96.0 Å². The molecule has 342 valence electrons. The molecule has 1 saturated heterocycles. The SMILES string of the molecule is CCC/C=C\CCCCCCCC(=O)OC(COC(=O)CCCCCCCCCCCCCCCCCCCCCC)COC1OC(CS(=O)(=O)O)C(O)C(O)C1O. The fourth-order valence-electron chi connectivity index (χ4n) is 7.21. The Labute approximate surface area is 352 Å². The highest BCUT2D eigenvalue weighted by atomic mass is 32.2. The largest absolute Gasteiger partial charge is 0.462 e. The number of unbranched alkanes of at least 4 members (excludes halogenated alkanes) is 25. The second kappa shape index (κ2) is 36.1. The summed E-state index contributed by atoms with van der Waals surface area (Å²) in [4.78, 5) is 25.3. The van der Waals surface area contributed by atoms with Gasteiger partial charge in [0.1, 0.15) is 36.8 Å². The molecule has 1 fully saturated rings. The molecule has 12 nitrogen and oxygen atoms in total. The lowest BCUT2D eigenvalue weighted by molar-refractivity contribution is -0.297. The van der Waals surface area contributed by atoms with Gasteiger partial charge >= 0.3 is 11.9 Å². The Hall–Kier alpha value is -1.61. The maximum absolute atomic E-state index is 12.7. The number of ether oxygens (including phenoxy) is 4. The van der Waals surface area contributed by atoms with Crippen molar-refractivity contribution in [1.82, 2.24) is 0 Å². The predicted octanol–water partition coefficient (Wildman–Crippen LogP) is 9.45. The molecule has 0 aromatic carbocycles. The van der Waals surface area contributed by atoms with E-state index >= 15 is 0 Å². The number of rotatable bonds is 39. The summed E-state index contributed by atoms with van der Waals surface area (Å²) in [5, 5.41) is 30.8. The first-order chi connectivity index (χ1) is 28.0. The lowest BCUT2D eigenvalue weighted by atomic mass is 10.00. The van der Waals surface area contributed by atoms with Crippen LogP contribution < -0.4 is 0 Å². The molecule has 0 saturated carbocycles. The van der Waals surface area contributed by atoms with Crippen molar-refractivity contribution in [2.45, 2.75) is 243 Å². The second-order valence-corrected chi connectivity index (χ2v) is 17.9. The number of carbonyl (C=O) groups excluding carboxylic acids is 2. The smallest absolute Gasteiger partial charge is 0.306 e. The van der Waals surface area contributed by atoms with Crippen molar-refractivity contribution in [2.75, 3.05) is 19.0 Å². The van der Waals surface area contributed by atoms with Crippen LogP contribution in [0.25, 0.3) is 0 Å². The minimum absolute atomic E-state index is 0.157. The van der Waals surface area contributed by atoms with Crippen LogP contribution in [0.3, 0.4) is 0 Å². The van der Waals surface area contributed by atoms with Gasteiger partial charge in [-0.3, -0.25) is 14.1 Å². The zero-order valence-corrected chi connectivity index (χ0v) is 37.2. The van der Waals surface area contributed by atoms with Gasteiger partial charge in [-0.05, 0) is 32.1 Å². The first kappa shape index (κ1) is 54.4. The highest BCUT2D eigenvalue weighted by Gasteiger charge is 2.46. The van der Waals surface area contributed by atoms with E-state index in [1.165, 1.54) is 103 Å². The molecule has 0 aromatic heterocycles. The van der Waals surface area contributed by atoms with Crippen molar-refractivity contribution in [3.63, 3.8) is 0 Å². The standard InChI is InChI=1S/C45H84O12S/c1-3-5-7-9-11-13-15-16-17-18-19-20-21-22-23-24-26-27-29-31-33-40(46)54-35-38(56-41(47)34-32-30-28-25-14-12-10-8-6-4-2)36-55-45-44(50)43(49)42(48)39(57-45)37-58(51,52)53/h8,10,38-39,42-45,48-50H,3-7,9,11-37H2,1-2H3,(H,51,52,53)/b10-8-. The van der Waals surface area contributed by atoms with Gasteiger partial charge in [0.25, 0.3) is 10.1 Å². The second-order valence-electron chi connectivity index (χ2n) is 16.4. The first-order valence-electron chi connectivity index (χ1n) is 23.2. The average molecular weight is 849 g/mol. The molecular weight excluding hydrogens is 765 g/mol. The van der Waals surface area contributed by atoms with E-state index in [1.54, 1.807) is 0 Å². The quantitative estimate of drug-likeness (QED) is 0.0199. The van der Waals surface area contributed by atoms with E-state index < -0.39 is 71.2 Å². The number of carbonyl (C=O) groups is 2. The summed E-state index contributed by atoms with van der Waals surface area (Å²) in [6.07, 6.45) is 28.5. The number of allylic oxidation sites excluding steroid dienone is 2. The molecule has 0 bridgehead atoms. The molecular formula is C45H84O12S. The van der Waals surface area contributed by atoms with Gasteiger partial charge in [-0.1, -0.05) is 174 Å². The van der Waals surface area contributed by atoms with Gasteiger partial charge < -0.3 is 34.3 Å². The lowest BCUT2D eigenvalue weighted by Gasteiger charge is -2.40. The predicted molar refractivity (Wildman–Crippen MR) is 229 cm³/mol. The van der Waals surface area contributed by atoms with Crippen molar-refractivity contribution in [3.8, 4) is 0 Å². The molecule has 0 spiro atoms. The Morgan fingerprint density at radius 2 is 1.02 bits per heavy atom. The van der Waals surface area contributed by atoms with Crippen molar-refractivity contribution in [2.24, 2.45) is 0 Å². The lowest BCUT2D eigenvalue weighted by Crippen LogP contribution is -2.60. The maximum atomic E-state index is 12.7. The van der Waals surface area contributed by atoms with Gasteiger partial charge in [0.15, 0.2) is 12.4 Å². The fraction of sp³-hybridized carbons (Fsp3) is 0.911. The van der Waals surface area contributed by atoms with Crippen LogP contribution in [-0.2, 0) is 38.7 Å². The highest BCUT2D eigenvalue weighted by molar-refractivity contribution is 7.85. The summed E-state index contributed by atoms with van der Waals surface area (Å²) in [6, 6.07) is 0. The Morgan fingerprint density at radius 3 is 1.50 bits per heavy atom. The van der Waals surface area contributed by atoms with Crippen LogP contribution in [0, 0.1) is 0 Å². The highest BCUT2D eigenvalue weighted by Crippen LogP contribution is 2.24. The van der Waals surface area contributed by atoms with Crippen molar-refractivity contribution in [1.29, 1.82) is 0 Å². The number of hydrogen-bond donors (Lipinski definition) is 4. The Bertz CT molecular complexity index is 1130. The molecule has 0 aromatic rings. The molecule has 13 heteroatoms. The van der Waals surface area contributed by atoms with Crippen molar-refractivity contribution < 1.29 is 56.8 Å². The molecule has 1 heterocycles. The molecule has 1 rings (SSSR count). The third-order valence-corrected chi connectivity index (χ3v) is 11.6. The number of hydrogen-bond acceptors (Lipinski definition) is 11. The molecule has 0 aliphatic carbocycles. The van der Waals surface area contributed by atoms with Gasteiger partial charge in [0.2, 0.25) is 0 Å². The number of aliphatic hydroxyl groups excluding tert-OH is 3. The summed E-state index contributed by atoms with van der Waals surface area (Å²) in [7, 11) is -4.60. The Kier molecular flexibility index (Phi) is 33.8. The topological polar surface area (TPSA) is 186 Å². The van der Waals surface area contributed by atoms with Crippen molar-refractivity contribution >= 4 is 22.1 Å². The van der Waals surface area contributed by atoms with E-state index in [-0.39, 0.29) is 19.4 Å². The van der Waals surface area contributed by atoms with Crippen LogP contribution in [0.15, 0.2) is 12.2 Å².